The number of nitrogens with one attached hydrogen (secondary N) is 1. The maximum atomic E-state index is 13.2. The number of aromatic nitrogens is 2. The Balaban J connectivity index is 2.11. The largest absolute Gasteiger partial charge is 0.507 e. The lowest BCUT2D eigenvalue weighted by Crippen LogP contribution is -2.06. The quantitative estimate of drug-likeness (QED) is 0.720. The molecule has 0 fully saturated rings. The number of hydrogen-bond donors (Lipinski definition) is 2. The normalized spacial score (nSPS) is 12.3. The predicted molar refractivity (Wildman–Crippen MR) is 89.2 cm³/mol. The molecule has 3 rings (SSSR count). The number of halogens is 3. The Morgan fingerprint density at radius 3 is 2.38 bits per heavy atom. The first-order valence-corrected chi connectivity index (χ1v) is 9.22. The number of hydrogen-bond acceptors (Lipinski definition) is 4. The number of aromatic hydroxyl groups is 1. The summed E-state index contributed by atoms with van der Waals surface area (Å²) in [5, 5.41) is 16.4. The molecule has 2 aromatic carbocycles. The zero-order valence-electron chi connectivity index (χ0n) is 13.4. The lowest BCUT2D eigenvalue weighted by molar-refractivity contribution is -0.137. The zero-order chi connectivity index (χ0) is 19.1. The van der Waals surface area contributed by atoms with E-state index in [1.54, 1.807) is 0 Å². The van der Waals surface area contributed by atoms with Gasteiger partial charge in [-0.2, -0.15) is 18.3 Å². The third-order valence-corrected chi connectivity index (χ3v) is 4.88. The van der Waals surface area contributed by atoms with Crippen molar-refractivity contribution < 1.29 is 26.7 Å². The Morgan fingerprint density at radius 1 is 1.04 bits per heavy atom. The highest BCUT2D eigenvalue weighted by Crippen LogP contribution is 2.38. The minimum Gasteiger partial charge on any atom is -0.507 e. The number of aromatic amines is 1. The fraction of sp³-hybridized carbons (Fsp3) is 0.118. The van der Waals surface area contributed by atoms with Crippen LogP contribution < -0.4 is 0 Å². The molecule has 0 unspecified atom stereocenters. The van der Waals surface area contributed by atoms with Crippen LogP contribution in [0, 0.1) is 0 Å². The summed E-state index contributed by atoms with van der Waals surface area (Å²) < 4.78 is 62.9. The van der Waals surface area contributed by atoms with Crippen LogP contribution in [-0.2, 0) is 16.0 Å². The van der Waals surface area contributed by atoms with E-state index in [1.165, 1.54) is 42.5 Å². The number of H-pyrrole nitrogens is 1. The van der Waals surface area contributed by atoms with E-state index in [2.05, 4.69) is 10.2 Å². The summed E-state index contributed by atoms with van der Waals surface area (Å²) in [6.45, 7) is 0. The summed E-state index contributed by atoms with van der Waals surface area (Å²) >= 11 is 0. The van der Waals surface area contributed by atoms with Crippen LogP contribution in [0.25, 0.3) is 22.5 Å². The Bertz CT molecular complexity index is 1070. The molecule has 0 aliphatic carbocycles. The number of alkyl halides is 3. The number of rotatable bonds is 3. The summed E-state index contributed by atoms with van der Waals surface area (Å²) in [5.41, 5.74) is -0.612. The molecule has 0 bridgehead atoms. The first-order chi connectivity index (χ1) is 12.1. The predicted octanol–water partition coefficient (Wildman–Crippen LogP) is 3.87. The SMILES string of the molecule is CS(=O)(=O)c1ccc(O)c(-c2cc(-c3ccccc3C(F)(F)F)[nH]n2)c1. The molecule has 1 aromatic heterocycles. The molecule has 136 valence electrons. The topological polar surface area (TPSA) is 83.0 Å². The molecule has 0 amide bonds. The van der Waals surface area contributed by atoms with E-state index in [4.69, 9.17) is 0 Å². The van der Waals surface area contributed by atoms with Crippen molar-refractivity contribution >= 4 is 9.84 Å². The van der Waals surface area contributed by atoms with Crippen molar-refractivity contribution in [3.05, 3.63) is 54.1 Å². The van der Waals surface area contributed by atoms with Gasteiger partial charge in [-0.25, -0.2) is 8.42 Å². The summed E-state index contributed by atoms with van der Waals surface area (Å²) in [5.74, 6) is -0.237. The lowest BCUT2D eigenvalue weighted by Gasteiger charge is -2.10. The van der Waals surface area contributed by atoms with E-state index >= 15 is 0 Å². The maximum Gasteiger partial charge on any atom is 0.417 e. The van der Waals surface area contributed by atoms with Gasteiger partial charge in [0.15, 0.2) is 9.84 Å². The van der Waals surface area contributed by atoms with E-state index in [0.717, 1.165) is 12.3 Å². The molecular weight excluding hydrogens is 369 g/mol. The van der Waals surface area contributed by atoms with Crippen molar-refractivity contribution in [1.29, 1.82) is 0 Å². The van der Waals surface area contributed by atoms with Crippen LogP contribution in [0.4, 0.5) is 13.2 Å². The summed E-state index contributed by atoms with van der Waals surface area (Å²) in [4.78, 5) is -0.0365. The molecule has 0 aliphatic heterocycles. The van der Waals surface area contributed by atoms with E-state index < -0.39 is 21.6 Å². The molecule has 0 radical (unpaired) electrons. The van der Waals surface area contributed by atoms with E-state index in [9.17, 15) is 26.7 Å². The van der Waals surface area contributed by atoms with Gasteiger partial charge in [-0.3, -0.25) is 5.10 Å². The van der Waals surface area contributed by atoms with Gasteiger partial charge in [-0.15, -0.1) is 0 Å². The first-order valence-electron chi connectivity index (χ1n) is 7.33. The van der Waals surface area contributed by atoms with Gasteiger partial charge < -0.3 is 5.11 Å². The molecule has 26 heavy (non-hydrogen) atoms. The number of benzene rings is 2. The van der Waals surface area contributed by atoms with Gasteiger partial charge in [-0.1, -0.05) is 18.2 Å². The Labute approximate surface area is 147 Å². The van der Waals surface area contributed by atoms with E-state index in [-0.39, 0.29) is 33.2 Å². The minimum atomic E-state index is -4.54. The minimum absolute atomic E-state index is 0.0365. The summed E-state index contributed by atoms with van der Waals surface area (Å²) in [7, 11) is -3.52. The van der Waals surface area contributed by atoms with Crippen molar-refractivity contribution in [3.8, 4) is 28.3 Å². The number of phenolic OH excluding ortho intramolecular Hbond substituents is 1. The molecule has 2 N–H and O–H groups in total. The summed E-state index contributed by atoms with van der Waals surface area (Å²) in [6.07, 6.45) is -3.53. The smallest absolute Gasteiger partial charge is 0.417 e. The van der Waals surface area contributed by atoms with Gasteiger partial charge in [0.2, 0.25) is 0 Å². The number of nitrogens with zero attached hydrogens (tertiary/aromatic N) is 1. The molecule has 0 aliphatic rings. The van der Waals surface area contributed by atoms with Gasteiger partial charge in [0.05, 0.1) is 21.8 Å². The molecule has 3 aromatic rings. The van der Waals surface area contributed by atoms with Gasteiger partial charge in [-0.05, 0) is 30.3 Å². The molecular formula is C17H13F3N2O3S. The van der Waals surface area contributed by atoms with Crippen LogP contribution in [0.2, 0.25) is 0 Å². The molecule has 0 saturated heterocycles. The van der Waals surface area contributed by atoms with Gasteiger partial charge in [0.1, 0.15) is 5.75 Å². The molecule has 9 heteroatoms. The highest BCUT2D eigenvalue weighted by Gasteiger charge is 2.33. The van der Waals surface area contributed by atoms with Crippen molar-refractivity contribution in [3.63, 3.8) is 0 Å². The Kier molecular flexibility index (Phi) is 4.27. The lowest BCUT2D eigenvalue weighted by atomic mass is 10.0. The van der Waals surface area contributed by atoms with Gasteiger partial charge in [0, 0.05) is 17.4 Å². The van der Waals surface area contributed by atoms with Crippen LogP contribution in [-0.4, -0.2) is 30.0 Å². The average molecular weight is 382 g/mol. The second-order valence-electron chi connectivity index (χ2n) is 5.66. The van der Waals surface area contributed by atoms with Crippen molar-refractivity contribution in [2.24, 2.45) is 0 Å². The molecule has 5 nitrogen and oxygen atoms in total. The van der Waals surface area contributed by atoms with E-state index in [0.29, 0.717) is 0 Å². The number of sulfone groups is 1. The zero-order valence-corrected chi connectivity index (χ0v) is 14.2. The monoisotopic (exact) mass is 382 g/mol. The van der Waals surface area contributed by atoms with Crippen LogP contribution in [0.15, 0.2) is 53.4 Å². The van der Waals surface area contributed by atoms with Crippen molar-refractivity contribution in [2.45, 2.75) is 11.1 Å². The third-order valence-electron chi connectivity index (χ3n) is 3.77. The van der Waals surface area contributed by atoms with Crippen molar-refractivity contribution in [2.75, 3.05) is 6.26 Å². The molecule has 0 saturated carbocycles. The van der Waals surface area contributed by atoms with Crippen molar-refractivity contribution in [1.82, 2.24) is 10.2 Å². The number of phenols is 1. The molecule has 1 heterocycles. The second-order valence-corrected chi connectivity index (χ2v) is 7.68. The van der Waals surface area contributed by atoms with Crippen LogP contribution in [0.5, 0.6) is 5.75 Å². The Morgan fingerprint density at radius 2 is 1.73 bits per heavy atom. The highest BCUT2D eigenvalue weighted by molar-refractivity contribution is 7.90. The Hall–Kier alpha value is -2.81. The van der Waals surface area contributed by atoms with Crippen LogP contribution in [0.3, 0.4) is 0 Å². The molecule has 0 spiro atoms. The standard InChI is InChI=1S/C17H13F3N2O3S/c1-26(24,25)10-6-7-16(23)12(8-10)15-9-14(21-22-15)11-4-2-3-5-13(11)17(18,19)20/h2-9,23H,1H3,(H,21,22). The highest BCUT2D eigenvalue weighted by atomic mass is 32.2. The fourth-order valence-electron chi connectivity index (χ4n) is 2.51. The first kappa shape index (κ1) is 18.0. The fourth-order valence-corrected chi connectivity index (χ4v) is 3.16. The molecule has 0 atom stereocenters. The third kappa shape index (κ3) is 3.43. The van der Waals surface area contributed by atoms with Crippen LogP contribution in [0.1, 0.15) is 5.56 Å². The summed E-state index contributed by atoms with van der Waals surface area (Å²) in [6, 6.07) is 9.98. The van der Waals surface area contributed by atoms with Crippen LogP contribution >= 0.6 is 0 Å². The van der Waals surface area contributed by atoms with Gasteiger partial charge >= 0.3 is 6.18 Å². The second kappa shape index (κ2) is 6.17. The van der Waals surface area contributed by atoms with Gasteiger partial charge in [0.25, 0.3) is 0 Å². The average Bonchev–Trinajstić information content (AvgIpc) is 3.03. The van der Waals surface area contributed by atoms with E-state index in [1.807, 2.05) is 0 Å². The maximum absolute atomic E-state index is 13.2.